The molecule has 1 aliphatic heterocycles. The molecule has 7 nitrogen and oxygen atoms in total. The Morgan fingerprint density at radius 3 is 3.21 bits per heavy atom. The number of hydrogen-bond acceptors (Lipinski definition) is 4. The molecular formula is C17H26N6O. The van der Waals surface area contributed by atoms with Gasteiger partial charge >= 0.3 is 0 Å². The zero-order valence-electron chi connectivity index (χ0n) is 14.5. The van der Waals surface area contributed by atoms with E-state index in [1.54, 1.807) is 6.26 Å². The van der Waals surface area contributed by atoms with Crippen molar-refractivity contribution in [1.29, 1.82) is 0 Å². The number of furan rings is 1. The van der Waals surface area contributed by atoms with Gasteiger partial charge in [-0.1, -0.05) is 6.92 Å². The van der Waals surface area contributed by atoms with Gasteiger partial charge in [-0.15, -0.1) is 0 Å². The highest BCUT2D eigenvalue weighted by Gasteiger charge is 2.21. The van der Waals surface area contributed by atoms with Crippen molar-refractivity contribution in [3.05, 3.63) is 35.8 Å². The fraction of sp³-hybridized carbons (Fsp3) is 0.588. The number of aliphatic imine (C=N–C) groups is 1. The van der Waals surface area contributed by atoms with Gasteiger partial charge in [0.15, 0.2) is 5.96 Å². The third kappa shape index (κ3) is 4.37. The van der Waals surface area contributed by atoms with E-state index in [2.05, 4.69) is 32.6 Å². The molecule has 0 saturated heterocycles. The quantitative estimate of drug-likeness (QED) is 0.622. The van der Waals surface area contributed by atoms with E-state index in [-0.39, 0.29) is 0 Å². The normalized spacial score (nSPS) is 17.6. The number of aromatic nitrogens is 3. The number of guanidine groups is 1. The Morgan fingerprint density at radius 1 is 1.50 bits per heavy atom. The maximum absolute atomic E-state index is 5.37. The molecule has 1 unspecified atom stereocenters. The zero-order valence-corrected chi connectivity index (χ0v) is 14.5. The van der Waals surface area contributed by atoms with Gasteiger partial charge in [-0.2, -0.15) is 5.10 Å². The van der Waals surface area contributed by atoms with Gasteiger partial charge in [0.2, 0.25) is 0 Å². The van der Waals surface area contributed by atoms with E-state index in [4.69, 9.17) is 4.42 Å². The molecule has 1 aliphatic rings. The molecule has 0 aliphatic carbocycles. The summed E-state index contributed by atoms with van der Waals surface area (Å²) in [7, 11) is 0. The Labute approximate surface area is 142 Å². The lowest BCUT2D eigenvalue weighted by Gasteiger charge is -2.25. The molecule has 1 atom stereocenters. The molecule has 0 fully saturated rings. The third-order valence-corrected chi connectivity index (χ3v) is 4.04. The minimum Gasteiger partial charge on any atom is -0.469 e. The van der Waals surface area contributed by atoms with E-state index >= 15 is 0 Å². The molecule has 24 heavy (non-hydrogen) atoms. The number of aryl methyl sites for hydroxylation is 2. The molecule has 0 radical (unpaired) electrons. The van der Waals surface area contributed by atoms with Crippen LogP contribution in [0.3, 0.4) is 0 Å². The van der Waals surface area contributed by atoms with Crippen LogP contribution in [0.1, 0.15) is 37.2 Å². The topological polar surface area (TPSA) is 80.3 Å². The second-order valence-corrected chi connectivity index (χ2v) is 6.12. The van der Waals surface area contributed by atoms with Crippen LogP contribution in [0.15, 0.2) is 27.8 Å². The Kier molecular flexibility index (Phi) is 5.51. The number of nitrogens with zero attached hydrogens (tertiary/aromatic N) is 4. The minimum absolute atomic E-state index is 0.324. The van der Waals surface area contributed by atoms with Gasteiger partial charge < -0.3 is 15.1 Å². The number of rotatable bonds is 6. The van der Waals surface area contributed by atoms with Gasteiger partial charge in [-0.3, -0.25) is 4.99 Å². The van der Waals surface area contributed by atoms with Crippen LogP contribution in [0.4, 0.5) is 0 Å². The largest absolute Gasteiger partial charge is 0.469 e. The van der Waals surface area contributed by atoms with Gasteiger partial charge in [0.05, 0.1) is 12.8 Å². The molecule has 7 heteroatoms. The van der Waals surface area contributed by atoms with Crippen LogP contribution >= 0.6 is 0 Å². The van der Waals surface area contributed by atoms with Crippen LogP contribution in [-0.2, 0) is 19.4 Å². The van der Waals surface area contributed by atoms with Crippen LogP contribution in [-0.4, -0.2) is 39.9 Å². The summed E-state index contributed by atoms with van der Waals surface area (Å²) in [5, 5.41) is 11.4. The summed E-state index contributed by atoms with van der Waals surface area (Å²) >= 11 is 0. The number of fused-ring (bicyclic) bond motifs is 1. The first-order valence-electron chi connectivity index (χ1n) is 8.72. The molecule has 2 N–H and O–H groups in total. The van der Waals surface area contributed by atoms with Crippen molar-refractivity contribution < 1.29 is 4.42 Å². The second kappa shape index (κ2) is 7.99. The van der Waals surface area contributed by atoms with Crippen molar-refractivity contribution in [2.24, 2.45) is 4.99 Å². The van der Waals surface area contributed by atoms with Crippen LogP contribution in [0.25, 0.3) is 0 Å². The average Bonchev–Trinajstić information content (AvgIpc) is 3.20. The Hall–Kier alpha value is -2.31. The van der Waals surface area contributed by atoms with Crippen molar-refractivity contribution in [3.8, 4) is 0 Å². The monoisotopic (exact) mass is 330 g/mol. The maximum Gasteiger partial charge on any atom is 0.191 e. The molecule has 3 heterocycles. The fourth-order valence-corrected chi connectivity index (χ4v) is 2.88. The van der Waals surface area contributed by atoms with Gasteiger partial charge in [0.1, 0.15) is 17.4 Å². The summed E-state index contributed by atoms with van der Waals surface area (Å²) in [5.74, 6) is 3.79. The minimum atomic E-state index is 0.324. The van der Waals surface area contributed by atoms with Crippen molar-refractivity contribution >= 4 is 5.96 Å². The van der Waals surface area contributed by atoms with E-state index in [1.165, 1.54) is 0 Å². The van der Waals surface area contributed by atoms with E-state index in [9.17, 15) is 0 Å². The lowest BCUT2D eigenvalue weighted by atomic mass is 10.1. The zero-order chi connectivity index (χ0) is 16.8. The summed E-state index contributed by atoms with van der Waals surface area (Å²) in [6.07, 6.45) is 5.58. The van der Waals surface area contributed by atoms with Gasteiger partial charge in [0, 0.05) is 32.0 Å². The number of hydrogen-bond donors (Lipinski definition) is 2. The van der Waals surface area contributed by atoms with Crippen LogP contribution < -0.4 is 10.6 Å². The fourth-order valence-electron chi connectivity index (χ4n) is 2.88. The van der Waals surface area contributed by atoms with Crippen LogP contribution in [0.5, 0.6) is 0 Å². The Balaban J connectivity index is 1.54. The third-order valence-electron chi connectivity index (χ3n) is 4.04. The molecular weight excluding hydrogens is 304 g/mol. The summed E-state index contributed by atoms with van der Waals surface area (Å²) < 4.78 is 7.38. The molecule has 0 bridgehead atoms. The highest BCUT2D eigenvalue weighted by atomic mass is 16.3. The predicted octanol–water partition coefficient (Wildman–Crippen LogP) is 1.68. The number of nitrogens with one attached hydrogen (secondary N) is 2. The molecule has 2 aromatic heterocycles. The summed E-state index contributed by atoms with van der Waals surface area (Å²) in [5.41, 5.74) is 0. The lowest BCUT2D eigenvalue weighted by Crippen LogP contribution is -2.47. The van der Waals surface area contributed by atoms with Crippen molar-refractivity contribution in [2.45, 2.75) is 52.1 Å². The first-order valence-corrected chi connectivity index (χ1v) is 8.72. The summed E-state index contributed by atoms with van der Waals surface area (Å²) in [6.45, 7) is 6.52. The van der Waals surface area contributed by atoms with Crippen LogP contribution in [0.2, 0.25) is 0 Å². The summed E-state index contributed by atoms with van der Waals surface area (Å²) in [4.78, 5) is 9.10. The standard InChI is InChI=1S/C17H26N6O/c1-3-9-18-17(19-10-8-15-5-4-11-24-15)21-14-6-7-16-20-13(2)22-23(16)12-14/h4-5,11,14H,3,6-10,12H2,1-2H3,(H2,18,19,21). The molecule has 0 aromatic carbocycles. The average molecular weight is 330 g/mol. The Morgan fingerprint density at radius 2 is 2.42 bits per heavy atom. The van der Waals surface area contributed by atoms with E-state index < -0.39 is 0 Å². The molecule has 2 aromatic rings. The molecule has 0 spiro atoms. The van der Waals surface area contributed by atoms with Crippen molar-refractivity contribution in [2.75, 3.05) is 13.1 Å². The van der Waals surface area contributed by atoms with Crippen molar-refractivity contribution in [3.63, 3.8) is 0 Å². The smallest absolute Gasteiger partial charge is 0.191 e. The van der Waals surface area contributed by atoms with Crippen LogP contribution in [0, 0.1) is 6.92 Å². The molecule has 130 valence electrons. The molecule has 3 rings (SSSR count). The first kappa shape index (κ1) is 16.5. The van der Waals surface area contributed by atoms with Gasteiger partial charge in [0.25, 0.3) is 0 Å². The van der Waals surface area contributed by atoms with Crippen molar-refractivity contribution in [1.82, 2.24) is 25.4 Å². The van der Waals surface area contributed by atoms with E-state index in [1.807, 2.05) is 23.7 Å². The highest BCUT2D eigenvalue weighted by Crippen LogP contribution is 2.12. The molecule has 0 amide bonds. The lowest BCUT2D eigenvalue weighted by molar-refractivity contribution is 0.392. The highest BCUT2D eigenvalue weighted by molar-refractivity contribution is 5.80. The van der Waals surface area contributed by atoms with Gasteiger partial charge in [-0.05, 0) is 31.9 Å². The van der Waals surface area contributed by atoms with Gasteiger partial charge in [-0.25, -0.2) is 9.67 Å². The summed E-state index contributed by atoms with van der Waals surface area (Å²) in [6, 6.07) is 4.23. The maximum atomic E-state index is 5.37. The molecule has 0 saturated carbocycles. The SMILES string of the molecule is CCCN=C(NCCc1ccco1)NC1CCc2nc(C)nn2C1. The first-order chi connectivity index (χ1) is 11.7. The second-order valence-electron chi connectivity index (χ2n) is 6.12. The van der Waals surface area contributed by atoms with E-state index in [0.717, 1.165) is 68.7 Å². The Bertz CT molecular complexity index is 661. The predicted molar refractivity (Wildman–Crippen MR) is 93.0 cm³/mol. The van der Waals surface area contributed by atoms with E-state index in [0.29, 0.717) is 6.04 Å².